The Kier molecular flexibility index (Phi) is 5.54. The molecule has 1 amide bonds. The molecule has 0 saturated carbocycles. The lowest BCUT2D eigenvalue weighted by molar-refractivity contribution is -0.172. The van der Waals surface area contributed by atoms with Crippen LogP contribution >= 0.6 is 0 Å². The van der Waals surface area contributed by atoms with E-state index in [1.54, 1.807) is 35.0 Å². The molecule has 2 aliphatic heterocycles. The van der Waals surface area contributed by atoms with E-state index in [9.17, 15) is 13.2 Å². The molecule has 0 radical (unpaired) electrons. The third-order valence-corrected chi connectivity index (χ3v) is 8.71. The molecule has 0 spiro atoms. The molecule has 9 nitrogen and oxygen atoms in total. The quantitative estimate of drug-likeness (QED) is 0.380. The van der Waals surface area contributed by atoms with Crippen LogP contribution < -0.4 is 4.89 Å². The van der Waals surface area contributed by atoms with Crippen molar-refractivity contribution in [3.63, 3.8) is 0 Å². The average Bonchev–Trinajstić information content (AvgIpc) is 3.33. The summed E-state index contributed by atoms with van der Waals surface area (Å²) in [6.07, 6.45) is 8.80. The van der Waals surface area contributed by atoms with Crippen LogP contribution in [0.1, 0.15) is 52.9 Å². The second-order valence-electron chi connectivity index (χ2n) is 10.6. The minimum Gasteiger partial charge on any atom is -0.301 e. The van der Waals surface area contributed by atoms with Crippen LogP contribution in [0.5, 0.6) is 5.88 Å². The van der Waals surface area contributed by atoms with Gasteiger partial charge in [-0.1, -0.05) is 20.8 Å². The van der Waals surface area contributed by atoms with Gasteiger partial charge in [-0.15, -0.1) is 0 Å². The molecule has 2 bridgehead atoms. The van der Waals surface area contributed by atoms with E-state index in [-0.39, 0.29) is 27.8 Å². The SMILES string of the molecule is CC(C)(C)C12CCCC(CC1)N2C(=O)OOc1cc(-n2ccc3cc(S(C)(=O)=O)ccc32)ncn1. The van der Waals surface area contributed by atoms with Gasteiger partial charge in [-0.25, -0.2) is 23.1 Å². The summed E-state index contributed by atoms with van der Waals surface area (Å²) in [7, 11) is -3.31. The summed E-state index contributed by atoms with van der Waals surface area (Å²) in [6.45, 7) is 6.54. The molecule has 1 aromatic carbocycles. The lowest BCUT2D eigenvalue weighted by Crippen LogP contribution is -2.60. The normalized spacial score (nSPS) is 22.4. The Morgan fingerprint density at radius 2 is 1.91 bits per heavy atom. The number of piperidine rings is 1. The second kappa shape index (κ2) is 8.22. The fourth-order valence-corrected chi connectivity index (χ4v) is 6.42. The number of rotatable bonds is 4. The van der Waals surface area contributed by atoms with Gasteiger partial charge in [0.05, 0.1) is 16.0 Å². The van der Waals surface area contributed by atoms with Crippen LogP contribution in [0.3, 0.4) is 0 Å². The molecule has 186 valence electrons. The first-order valence-corrected chi connectivity index (χ1v) is 13.7. The summed E-state index contributed by atoms with van der Waals surface area (Å²) in [5.41, 5.74) is 0.466. The lowest BCUT2D eigenvalue weighted by Gasteiger charge is -2.51. The van der Waals surface area contributed by atoms with Gasteiger partial charge in [-0.05, 0) is 61.8 Å². The molecule has 0 aliphatic carbocycles. The van der Waals surface area contributed by atoms with E-state index in [1.807, 2.05) is 11.0 Å². The minimum absolute atomic E-state index is 0.0737. The number of aromatic nitrogens is 3. The van der Waals surface area contributed by atoms with Crippen LogP contribution in [0, 0.1) is 5.41 Å². The Morgan fingerprint density at radius 1 is 1.11 bits per heavy atom. The van der Waals surface area contributed by atoms with Gasteiger partial charge < -0.3 is 4.57 Å². The zero-order valence-electron chi connectivity index (χ0n) is 20.4. The molecular formula is C25H30N4O5S. The highest BCUT2D eigenvalue weighted by molar-refractivity contribution is 7.90. The maximum absolute atomic E-state index is 13.2. The van der Waals surface area contributed by atoms with Gasteiger partial charge in [0.1, 0.15) is 12.1 Å². The Bertz CT molecular complexity index is 1390. The molecule has 3 aromatic rings. The average molecular weight is 499 g/mol. The summed E-state index contributed by atoms with van der Waals surface area (Å²) in [4.78, 5) is 34.4. The predicted molar refractivity (Wildman–Crippen MR) is 130 cm³/mol. The van der Waals surface area contributed by atoms with Crippen molar-refractivity contribution in [3.8, 4) is 11.7 Å². The highest BCUT2D eigenvalue weighted by Gasteiger charge is 2.57. The molecule has 4 heterocycles. The van der Waals surface area contributed by atoms with E-state index in [4.69, 9.17) is 9.78 Å². The lowest BCUT2D eigenvalue weighted by atomic mass is 9.68. The summed E-state index contributed by atoms with van der Waals surface area (Å²) >= 11 is 0. The third-order valence-electron chi connectivity index (χ3n) is 7.60. The molecular weight excluding hydrogens is 468 g/mol. The van der Waals surface area contributed by atoms with Gasteiger partial charge in [-0.2, -0.15) is 4.98 Å². The molecule has 35 heavy (non-hydrogen) atoms. The minimum atomic E-state index is -3.31. The van der Waals surface area contributed by atoms with Crippen LogP contribution in [0.15, 0.2) is 47.8 Å². The van der Waals surface area contributed by atoms with Gasteiger partial charge in [0.2, 0.25) is 0 Å². The topological polar surface area (TPSA) is 104 Å². The standard InChI is InChI=1S/C25H30N4O5S/c1-24(2,3)25-11-5-6-18(9-12-25)29(25)23(30)34-33-22-15-21(26-16-27-22)28-13-10-17-14-19(35(4,31)32)7-8-20(17)28/h7-8,10,13-16,18H,5-6,9,11-12H2,1-4H3. The first kappa shape index (κ1) is 23.6. The number of benzene rings is 1. The highest BCUT2D eigenvalue weighted by atomic mass is 32.2. The van der Waals surface area contributed by atoms with E-state index < -0.39 is 15.9 Å². The van der Waals surface area contributed by atoms with E-state index in [0.717, 1.165) is 43.0 Å². The van der Waals surface area contributed by atoms with Crippen molar-refractivity contribution in [1.82, 2.24) is 19.4 Å². The molecule has 10 heteroatoms. The zero-order chi connectivity index (χ0) is 25.0. The van der Waals surface area contributed by atoms with Gasteiger partial charge in [-0.3, -0.25) is 9.79 Å². The third kappa shape index (κ3) is 4.03. The van der Waals surface area contributed by atoms with Gasteiger partial charge in [0.25, 0.3) is 5.88 Å². The van der Waals surface area contributed by atoms with Crippen LogP contribution in [0.4, 0.5) is 4.79 Å². The summed E-state index contributed by atoms with van der Waals surface area (Å²) in [5, 5.41) is 0.758. The van der Waals surface area contributed by atoms with Crippen LogP contribution in [0.25, 0.3) is 16.7 Å². The fraction of sp³-hybridized carbons (Fsp3) is 0.480. The predicted octanol–water partition coefficient (Wildman–Crippen LogP) is 4.69. The number of amides is 1. The molecule has 2 atom stereocenters. The van der Waals surface area contributed by atoms with Crippen molar-refractivity contribution in [2.24, 2.45) is 5.41 Å². The smallest absolute Gasteiger partial charge is 0.301 e. The molecule has 2 saturated heterocycles. The van der Waals surface area contributed by atoms with E-state index in [1.165, 1.54) is 12.6 Å². The molecule has 0 N–H and O–H groups in total. The first-order valence-electron chi connectivity index (χ1n) is 11.8. The van der Waals surface area contributed by atoms with Gasteiger partial charge in [0, 0.05) is 29.9 Å². The van der Waals surface area contributed by atoms with E-state index in [2.05, 4.69) is 30.7 Å². The Hall–Kier alpha value is -3.14. The number of sulfone groups is 1. The maximum atomic E-state index is 13.2. The molecule has 2 fully saturated rings. The molecule has 2 unspecified atom stereocenters. The monoisotopic (exact) mass is 498 g/mol. The van der Waals surface area contributed by atoms with Crippen LogP contribution in [-0.2, 0) is 14.7 Å². The number of carbonyl (C=O) groups is 1. The van der Waals surface area contributed by atoms with E-state index >= 15 is 0 Å². The van der Waals surface area contributed by atoms with Crippen molar-refractivity contribution >= 4 is 26.8 Å². The van der Waals surface area contributed by atoms with E-state index in [0.29, 0.717) is 5.82 Å². The molecule has 2 aromatic heterocycles. The summed E-state index contributed by atoms with van der Waals surface area (Å²) < 4.78 is 25.5. The van der Waals surface area contributed by atoms with Crippen molar-refractivity contribution in [3.05, 3.63) is 42.9 Å². The Morgan fingerprint density at radius 3 is 2.66 bits per heavy atom. The highest BCUT2D eigenvalue weighted by Crippen LogP contribution is 2.53. The molecule has 5 rings (SSSR count). The first-order chi connectivity index (χ1) is 16.5. The number of nitrogens with zero attached hydrogens (tertiary/aromatic N) is 4. The fourth-order valence-electron chi connectivity index (χ4n) is 5.77. The number of hydrogen-bond donors (Lipinski definition) is 0. The van der Waals surface area contributed by atoms with Crippen molar-refractivity contribution in [1.29, 1.82) is 0 Å². The maximum Gasteiger partial charge on any atom is 0.453 e. The number of hydrogen-bond acceptors (Lipinski definition) is 7. The Balaban J connectivity index is 1.36. The Labute approximate surface area is 204 Å². The van der Waals surface area contributed by atoms with Crippen molar-refractivity contribution in [2.75, 3.05) is 6.26 Å². The van der Waals surface area contributed by atoms with Gasteiger partial charge in [0.15, 0.2) is 9.84 Å². The molecule has 2 aliphatic rings. The van der Waals surface area contributed by atoms with Gasteiger partial charge >= 0.3 is 6.09 Å². The summed E-state index contributed by atoms with van der Waals surface area (Å²) in [6, 6.07) is 8.47. The number of fused-ring (bicyclic) bond motifs is 3. The van der Waals surface area contributed by atoms with Crippen LogP contribution in [0.2, 0.25) is 0 Å². The van der Waals surface area contributed by atoms with Crippen molar-refractivity contribution in [2.45, 2.75) is 69.4 Å². The van der Waals surface area contributed by atoms with Crippen molar-refractivity contribution < 1.29 is 23.0 Å². The second-order valence-corrected chi connectivity index (χ2v) is 12.6. The zero-order valence-corrected chi connectivity index (χ0v) is 21.2. The largest absolute Gasteiger partial charge is 0.453 e. The number of carbonyl (C=O) groups excluding carboxylic acids is 1. The summed E-state index contributed by atoms with van der Waals surface area (Å²) in [5.74, 6) is 0.601. The van der Waals surface area contributed by atoms with Crippen LogP contribution in [-0.4, -0.2) is 51.8 Å².